The van der Waals surface area contributed by atoms with Gasteiger partial charge in [0.1, 0.15) is 6.61 Å². The second-order valence-electron chi connectivity index (χ2n) is 4.64. The number of hydrogen-bond donors (Lipinski definition) is 0. The van der Waals surface area contributed by atoms with E-state index < -0.39 is 6.09 Å². The zero-order valence-electron chi connectivity index (χ0n) is 11.2. The van der Waals surface area contributed by atoms with Gasteiger partial charge in [-0.1, -0.05) is 23.7 Å². The van der Waals surface area contributed by atoms with Crippen LogP contribution in [0.15, 0.2) is 24.3 Å². The van der Waals surface area contributed by atoms with Gasteiger partial charge in [0.05, 0.1) is 13.0 Å². The van der Waals surface area contributed by atoms with Gasteiger partial charge in [-0.2, -0.15) is 0 Å². The van der Waals surface area contributed by atoms with E-state index in [2.05, 4.69) is 4.74 Å². The molecule has 1 heterocycles. The molecule has 0 aromatic heterocycles. The van der Waals surface area contributed by atoms with Gasteiger partial charge in [0.25, 0.3) is 0 Å². The first-order valence-electron chi connectivity index (χ1n) is 6.34. The lowest BCUT2D eigenvalue weighted by molar-refractivity contribution is -0.144. The number of carbonyl (C=O) groups is 2. The normalized spacial score (nSPS) is 17.9. The van der Waals surface area contributed by atoms with Gasteiger partial charge in [-0.15, -0.1) is 0 Å². The highest BCUT2D eigenvalue weighted by atomic mass is 35.5. The molecule has 0 bridgehead atoms. The van der Waals surface area contributed by atoms with Crippen LogP contribution < -0.4 is 0 Å². The first-order valence-corrected chi connectivity index (χ1v) is 6.72. The lowest BCUT2D eigenvalue weighted by Gasteiger charge is -2.16. The van der Waals surface area contributed by atoms with Crippen molar-refractivity contribution >= 4 is 23.7 Å². The van der Waals surface area contributed by atoms with Crippen molar-refractivity contribution in [2.24, 2.45) is 5.92 Å². The molecular formula is C14H16ClNO4. The fourth-order valence-corrected chi connectivity index (χ4v) is 2.23. The van der Waals surface area contributed by atoms with Gasteiger partial charge in [0.2, 0.25) is 0 Å². The van der Waals surface area contributed by atoms with E-state index in [1.807, 2.05) is 0 Å². The number of nitrogens with zero attached hydrogens (tertiary/aromatic N) is 1. The van der Waals surface area contributed by atoms with E-state index in [0.717, 1.165) is 5.56 Å². The molecule has 1 saturated heterocycles. The number of hydrogen-bond acceptors (Lipinski definition) is 4. The molecule has 1 atom stereocenters. The second-order valence-corrected chi connectivity index (χ2v) is 5.07. The van der Waals surface area contributed by atoms with Gasteiger partial charge >= 0.3 is 12.1 Å². The van der Waals surface area contributed by atoms with Crippen LogP contribution in [-0.2, 0) is 20.9 Å². The van der Waals surface area contributed by atoms with E-state index in [4.69, 9.17) is 16.3 Å². The number of likely N-dealkylation sites (tertiary alicyclic amines) is 1. The molecule has 1 aliphatic heterocycles. The standard InChI is InChI=1S/C14H16ClNO4/c1-19-13(17)11-6-7-16(8-11)14(18)20-9-10-2-4-12(15)5-3-10/h2-5,11H,6-9H2,1H3. The monoisotopic (exact) mass is 297 g/mol. The summed E-state index contributed by atoms with van der Waals surface area (Å²) in [6, 6.07) is 7.09. The summed E-state index contributed by atoms with van der Waals surface area (Å²) in [5.74, 6) is -0.527. The third kappa shape index (κ3) is 3.63. The van der Waals surface area contributed by atoms with Crippen LogP contribution in [0.2, 0.25) is 5.02 Å². The van der Waals surface area contributed by atoms with Gasteiger partial charge in [-0.3, -0.25) is 4.79 Å². The van der Waals surface area contributed by atoms with Gasteiger partial charge in [-0.05, 0) is 24.1 Å². The number of halogens is 1. The highest BCUT2D eigenvalue weighted by molar-refractivity contribution is 6.30. The van der Waals surface area contributed by atoms with Crippen LogP contribution in [0.3, 0.4) is 0 Å². The van der Waals surface area contributed by atoms with Crippen LogP contribution >= 0.6 is 11.6 Å². The Hall–Kier alpha value is -1.75. The van der Waals surface area contributed by atoms with Gasteiger partial charge in [-0.25, -0.2) is 4.79 Å². The molecule has 0 N–H and O–H groups in total. The molecule has 108 valence electrons. The zero-order chi connectivity index (χ0) is 14.5. The average Bonchev–Trinajstić information content (AvgIpc) is 2.95. The van der Waals surface area contributed by atoms with Crippen molar-refractivity contribution in [1.82, 2.24) is 4.90 Å². The molecule has 0 spiro atoms. The Kier molecular flexibility index (Phi) is 4.84. The molecule has 1 aliphatic rings. The molecule has 5 nitrogen and oxygen atoms in total. The SMILES string of the molecule is COC(=O)C1CCN(C(=O)OCc2ccc(Cl)cc2)C1. The van der Waals surface area contributed by atoms with Crippen LogP contribution in [0, 0.1) is 5.92 Å². The number of methoxy groups -OCH3 is 1. The maximum atomic E-state index is 11.9. The molecule has 20 heavy (non-hydrogen) atoms. The first-order chi connectivity index (χ1) is 9.60. The Morgan fingerprint density at radius 1 is 1.35 bits per heavy atom. The average molecular weight is 298 g/mol. The molecule has 2 rings (SSSR count). The molecular weight excluding hydrogens is 282 g/mol. The minimum absolute atomic E-state index is 0.190. The van der Waals surface area contributed by atoms with E-state index in [-0.39, 0.29) is 18.5 Å². The molecule has 1 aromatic rings. The van der Waals surface area contributed by atoms with Crippen molar-refractivity contribution in [3.05, 3.63) is 34.9 Å². The predicted octanol–water partition coefficient (Wildman–Crippen LogP) is 2.47. The van der Waals surface area contributed by atoms with Crippen LogP contribution in [0.25, 0.3) is 0 Å². The van der Waals surface area contributed by atoms with Crippen LogP contribution in [-0.4, -0.2) is 37.2 Å². The van der Waals surface area contributed by atoms with E-state index >= 15 is 0 Å². The van der Waals surface area contributed by atoms with E-state index in [9.17, 15) is 9.59 Å². The van der Waals surface area contributed by atoms with Gasteiger partial charge < -0.3 is 14.4 Å². The number of carbonyl (C=O) groups excluding carboxylic acids is 2. The summed E-state index contributed by atoms with van der Waals surface area (Å²) < 4.78 is 9.88. The number of ether oxygens (including phenoxy) is 2. The minimum Gasteiger partial charge on any atom is -0.469 e. The maximum Gasteiger partial charge on any atom is 0.410 e. The smallest absolute Gasteiger partial charge is 0.410 e. The summed E-state index contributed by atoms with van der Waals surface area (Å²) in [7, 11) is 1.35. The molecule has 0 radical (unpaired) electrons. The maximum absolute atomic E-state index is 11.9. The molecule has 0 saturated carbocycles. The Bertz CT molecular complexity index is 488. The minimum atomic E-state index is -0.411. The third-order valence-electron chi connectivity index (χ3n) is 3.26. The predicted molar refractivity (Wildman–Crippen MR) is 73.3 cm³/mol. The lowest BCUT2D eigenvalue weighted by atomic mass is 10.1. The number of amides is 1. The first kappa shape index (κ1) is 14.7. The molecule has 1 aromatic carbocycles. The Morgan fingerprint density at radius 3 is 2.70 bits per heavy atom. The van der Waals surface area contributed by atoms with E-state index in [1.165, 1.54) is 12.0 Å². The van der Waals surface area contributed by atoms with Crippen molar-refractivity contribution in [1.29, 1.82) is 0 Å². The number of esters is 1. The van der Waals surface area contributed by atoms with Crippen molar-refractivity contribution in [2.75, 3.05) is 20.2 Å². The topological polar surface area (TPSA) is 55.8 Å². The summed E-state index contributed by atoms with van der Waals surface area (Å²) in [6.07, 6.45) is 0.203. The Balaban J connectivity index is 1.81. The summed E-state index contributed by atoms with van der Waals surface area (Å²) in [5.41, 5.74) is 0.867. The van der Waals surface area contributed by atoms with Gasteiger partial charge in [0.15, 0.2) is 0 Å². The van der Waals surface area contributed by atoms with Crippen molar-refractivity contribution in [3.63, 3.8) is 0 Å². The molecule has 0 aliphatic carbocycles. The highest BCUT2D eigenvalue weighted by Crippen LogP contribution is 2.19. The largest absolute Gasteiger partial charge is 0.469 e. The summed E-state index contributed by atoms with van der Waals surface area (Å²) in [4.78, 5) is 24.8. The van der Waals surface area contributed by atoms with E-state index in [1.54, 1.807) is 24.3 Å². The lowest BCUT2D eigenvalue weighted by Crippen LogP contribution is -2.30. The highest BCUT2D eigenvalue weighted by Gasteiger charge is 2.32. The number of rotatable bonds is 3. The molecule has 6 heteroatoms. The molecule has 1 amide bonds. The van der Waals surface area contributed by atoms with Crippen molar-refractivity contribution in [3.8, 4) is 0 Å². The van der Waals surface area contributed by atoms with Gasteiger partial charge in [0, 0.05) is 18.1 Å². The summed E-state index contributed by atoms with van der Waals surface area (Å²) in [6.45, 7) is 1.06. The summed E-state index contributed by atoms with van der Waals surface area (Å²) >= 11 is 5.78. The van der Waals surface area contributed by atoms with Crippen LogP contribution in [0.4, 0.5) is 4.79 Å². The Morgan fingerprint density at radius 2 is 2.05 bits per heavy atom. The van der Waals surface area contributed by atoms with E-state index in [0.29, 0.717) is 24.5 Å². The second kappa shape index (κ2) is 6.61. The quantitative estimate of drug-likeness (QED) is 0.804. The van der Waals surface area contributed by atoms with Crippen molar-refractivity contribution in [2.45, 2.75) is 13.0 Å². The fourth-order valence-electron chi connectivity index (χ4n) is 2.10. The third-order valence-corrected chi connectivity index (χ3v) is 3.51. The van der Waals surface area contributed by atoms with Crippen molar-refractivity contribution < 1.29 is 19.1 Å². The molecule has 1 unspecified atom stereocenters. The zero-order valence-corrected chi connectivity index (χ0v) is 11.9. The Labute approximate surface area is 122 Å². The summed E-state index contributed by atoms with van der Waals surface area (Å²) in [5, 5.41) is 0.639. The van der Waals surface area contributed by atoms with Crippen LogP contribution in [0.5, 0.6) is 0 Å². The van der Waals surface area contributed by atoms with Crippen LogP contribution in [0.1, 0.15) is 12.0 Å². The fraction of sp³-hybridized carbons (Fsp3) is 0.429. The molecule has 1 fully saturated rings. The number of benzene rings is 1.